The fourth-order valence-corrected chi connectivity index (χ4v) is 3.13. The molecule has 1 heterocycles. The third-order valence-electron chi connectivity index (χ3n) is 4.68. The van der Waals surface area contributed by atoms with Crippen LogP contribution in [0.1, 0.15) is 15.9 Å². The Hall–Kier alpha value is -2.73. The molecule has 0 N–H and O–H groups in total. The van der Waals surface area contributed by atoms with Crippen LogP contribution in [-0.4, -0.2) is 58.4 Å². The van der Waals surface area contributed by atoms with Crippen LogP contribution in [0.4, 0.5) is 5.69 Å². The number of rotatable bonds is 6. The first-order chi connectivity index (χ1) is 13.1. The number of nitrogens with zero attached hydrogens (tertiary/aromatic N) is 2. The normalized spacial score (nSPS) is 14.0. The first-order valence-electron chi connectivity index (χ1n) is 9.01. The first kappa shape index (κ1) is 19.0. The van der Waals surface area contributed by atoms with Crippen LogP contribution in [0.3, 0.4) is 0 Å². The summed E-state index contributed by atoms with van der Waals surface area (Å²) in [5.41, 5.74) is 2.81. The van der Waals surface area contributed by atoms with Crippen LogP contribution in [0.5, 0.6) is 11.5 Å². The SMILES string of the molecule is COc1cc(OC)cc(C(=O)N(C)Cc2ccc(N3CCOCC3)cc2)c1. The second kappa shape index (κ2) is 8.77. The number of amides is 1. The number of carbonyl (C=O) groups excluding carboxylic acids is 1. The molecule has 0 unspecified atom stereocenters. The third-order valence-corrected chi connectivity index (χ3v) is 4.68. The Balaban J connectivity index is 1.67. The molecule has 6 heteroatoms. The lowest BCUT2D eigenvalue weighted by Gasteiger charge is -2.29. The molecular formula is C21H26N2O4. The van der Waals surface area contributed by atoms with Gasteiger partial charge in [0, 0.05) is 44.0 Å². The summed E-state index contributed by atoms with van der Waals surface area (Å²) in [5.74, 6) is 1.12. The number of hydrogen-bond acceptors (Lipinski definition) is 5. The molecule has 1 amide bonds. The van der Waals surface area contributed by atoms with Gasteiger partial charge in [-0.2, -0.15) is 0 Å². The average molecular weight is 370 g/mol. The standard InChI is InChI=1S/C21H26N2O4/c1-22(21(24)17-12-19(25-2)14-20(13-17)26-3)15-16-4-6-18(7-5-16)23-8-10-27-11-9-23/h4-7,12-14H,8-11,15H2,1-3H3. The lowest BCUT2D eigenvalue weighted by molar-refractivity contribution is 0.0784. The molecule has 0 atom stereocenters. The van der Waals surface area contributed by atoms with Crippen LogP contribution < -0.4 is 14.4 Å². The molecule has 1 fully saturated rings. The predicted molar refractivity (Wildman–Crippen MR) is 105 cm³/mol. The van der Waals surface area contributed by atoms with Gasteiger partial charge >= 0.3 is 0 Å². The van der Waals surface area contributed by atoms with Crippen LogP contribution in [0.15, 0.2) is 42.5 Å². The zero-order valence-corrected chi connectivity index (χ0v) is 16.1. The van der Waals surface area contributed by atoms with E-state index >= 15 is 0 Å². The van der Waals surface area contributed by atoms with Crippen LogP contribution >= 0.6 is 0 Å². The number of ether oxygens (including phenoxy) is 3. The minimum atomic E-state index is -0.0792. The predicted octanol–water partition coefficient (Wildman–Crippen LogP) is 2.81. The van der Waals surface area contributed by atoms with Gasteiger partial charge in [-0.15, -0.1) is 0 Å². The summed E-state index contributed by atoms with van der Waals surface area (Å²) in [5, 5.41) is 0. The van der Waals surface area contributed by atoms with E-state index in [1.54, 1.807) is 44.4 Å². The molecule has 1 aliphatic heterocycles. The molecular weight excluding hydrogens is 344 g/mol. The van der Waals surface area contributed by atoms with E-state index in [1.807, 2.05) is 0 Å². The zero-order chi connectivity index (χ0) is 19.2. The van der Waals surface area contributed by atoms with E-state index in [0.717, 1.165) is 31.9 Å². The van der Waals surface area contributed by atoms with E-state index in [1.165, 1.54) is 5.69 Å². The van der Waals surface area contributed by atoms with Crippen molar-refractivity contribution in [1.29, 1.82) is 0 Å². The summed E-state index contributed by atoms with van der Waals surface area (Å²) in [7, 11) is 4.94. The summed E-state index contributed by atoms with van der Waals surface area (Å²) in [6.45, 7) is 3.89. The summed E-state index contributed by atoms with van der Waals surface area (Å²) in [6.07, 6.45) is 0. The summed E-state index contributed by atoms with van der Waals surface area (Å²) in [6, 6.07) is 13.6. The minimum Gasteiger partial charge on any atom is -0.497 e. The molecule has 27 heavy (non-hydrogen) atoms. The maximum absolute atomic E-state index is 12.8. The van der Waals surface area contributed by atoms with Gasteiger partial charge in [-0.25, -0.2) is 0 Å². The number of benzene rings is 2. The van der Waals surface area contributed by atoms with Gasteiger partial charge < -0.3 is 24.0 Å². The van der Waals surface area contributed by atoms with Crippen molar-refractivity contribution in [1.82, 2.24) is 4.90 Å². The topological polar surface area (TPSA) is 51.2 Å². The molecule has 0 spiro atoms. The number of carbonyl (C=O) groups is 1. The molecule has 2 aromatic rings. The van der Waals surface area contributed by atoms with Gasteiger partial charge in [-0.1, -0.05) is 12.1 Å². The lowest BCUT2D eigenvalue weighted by atomic mass is 10.1. The van der Waals surface area contributed by atoms with Crippen LogP contribution in [0, 0.1) is 0 Å². The fourth-order valence-electron chi connectivity index (χ4n) is 3.13. The Morgan fingerprint density at radius 3 is 2.19 bits per heavy atom. The third kappa shape index (κ3) is 4.71. The van der Waals surface area contributed by atoms with Crippen LogP contribution in [-0.2, 0) is 11.3 Å². The van der Waals surface area contributed by atoms with E-state index in [-0.39, 0.29) is 5.91 Å². The summed E-state index contributed by atoms with van der Waals surface area (Å²) >= 11 is 0. The average Bonchev–Trinajstić information content (AvgIpc) is 2.73. The van der Waals surface area contributed by atoms with Crippen molar-refractivity contribution >= 4 is 11.6 Å². The number of hydrogen-bond donors (Lipinski definition) is 0. The number of methoxy groups -OCH3 is 2. The van der Waals surface area contributed by atoms with E-state index in [2.05, 4.69) is 29.2 Å². The maximum atomic E-state index is 12.8. The summed E-state index contributed by atoms with van der Waals surface area (Å²) in [4.78, 5) is 16.8. The zero-order valence-electron chi connectivity index (χ0n) is 16.1. The van der Waals surface area contributed by atoms with E-state index in [0.29, 0.717) is 23.6 Å². The van der Waals surface area contributed by atoms with Gasteiger partial charge in [-0.05, 0) is 29.8 Å². The Bertz CT molecular complexity index is 748. The molecule has 0 saturated carbocycles. The number of morpholine rings is 1. The Morgan fingerprint density at radius 1 is 1.04 bits per heavy atom. The second-order valence-corrected chi connectivity index (χ2v) is 6.53. The van der Waals surface area contributed by atoms with Gasteiger partial charge in [0.25, 0.3) is 5.91 Å². The van der Waals surface area contributed by atoms with Crippen LogP contribution in [0.25, 0.3) is 0 Å². The van der Waals surface area contributed by atoms with E-state index < -0.39 is 0 Å². The minimum absolute atomic E-state index is 0.0792. The highest BCUT2D eigenvalue weighted by molar-refractivity contribution is 5.95. The molecule has 0 aliphatic carbocycles. The molecule has 1 saturated heterocycles. The van der Waals surface area contributed by atoms with Crippen molar-refractivity contribution in [2.75, 3.05) is 52.5 Å². The van der Waals surface area contributed by atoms with Crippen molar-refractivity contribution in [3.05, 3.63) is 53.6 Å². The second-order valence-electron chi connectivity index (χ2n) is 6.53. The van der Waals surface area contributed by atoms with Crippen molar-refractivity contribution in [3.63, 3.8) is 0 Å². The molecule has 0 bridgehead atoms. The number of anilines is 1. The van der Waals surface area contributed by atoms with Gasteiger partial charge in [0.1, 0.15) is 11.5 Å². The fraction of sp³-hybridized carbons (Fsp3) is 0.381. The summed E-state index contributed by atoms with van der Waals surface area (Å²) < 4.78 is 15.9. The molecule has 0 aromatic heterocycles. The highest BCUT2D eigenvalue weighted by atomic mass is 16.5. The smallest absolute Gasteiger partial charge is 0.254 e. The van der Waals surface area contributed by atoms with Crippen molar-refractivity contribution in [2.24, 2.45) is 0 Å². The molecule has 1 aliphatic rings. The Morgan fingerprint density at radius 2 is 1.63 bits per heavy atom. The Labute approximate surface area is 160 Å². The van der Waals surface area contributed by atoms with Crippen LogP contribution in [0.2, 0.25) is 0 Å². The molecule has 144 valence electrons. The molecule has 2 aromatic carbocycles. The maximum Gasteiger partial charge on any atom is 0.254 e. The molecule has 6 nitrogen and oxygen atoms in total. The van der Waals surface area contributed by atoms with Gasteiger partial charge in [0.05, 0.1) is 27.4 Å². The first-order valence-corrected chi connectivity index (χ1v) is 9.01. The largest absolute Gasteiger partial charge is 0.497 e. The van der Waals surface area contributed by atoms with E-state index in [4.69, 9.17) is 14.2 Å². The quantitative estimate of drug-likeness (QED) is 0.783. The Kier molecular flexibility index (Phi) is 6.19. The van der Waals surface area contributed by atoms with E-state index in [9.17, 15) is 4.79 Å². The molecule has 0 radical (unpaired) electrons. The lowest BCUT2D eigenvalue weighted by Crippen LogP contribution is -2.36. The highest BCUT2D eigenvalue weighted by Crippen LogP contribution is 2.24. The van der Waals surface area contributed by atoms with Gasteiger partial charge in [0.15, 0.2) is 0 Å². The van der Waals surface area contributed by atoms with Gasteiger partial charge in [-0.3, -0.25) is 4.79 Å². The molecule has 3 rings (SSSR count). The monoisotopic (exact) mass is 370 g/mol. The van der Waals surface area contributed by atoms with Crippen molar-refractivity contribution in [3.8, 4) is 11.5 Å². The van der Waals surface area contributed by atoms with Crippen molar-refractivity contribution < 1.29 is 19.0 Å². The van der Waals surface area contributed by atoms with Gasteiger partial charge in [0.2, 0.25) is 0 Å². The van der Waals surface area contributed by atoms with Crippen molar-refractivity contribution in [2.45, 2.75) is 6.54 Å². The highest BCUT2D eigenvalue weighted by Gasteiger charge is 2.16.